The predicted octanol–water partition coefficient (Wildman–Crippen LogP) is 10.5. The van der Waals surface area contributed by atoms with Gasteiger partial charge in [-0.1, -0.05) is 127 Å². The molecule has 7 aromatic carbocycles. The van der Waals surface area contributed by atoms with Gasteiger partial charge in [-0.3, -0.25) is 9.97 Å². The Hall–Kier alpha value is -6.26. The van der Waals surface area contributed by atoms with Gasteiger partial charge in [-0.2, -0.15) is 0 Å². The van der Waals surface area contributed by atoms with Gasteiger partial charge in [0, 0.05) is 40.7 Å². The van der Waals surface area contributed by atoms with Crippen molar-refractivity contribution in [3.63, 3.8) is 0 Å². The van der Waals surface area contributed by atoms with Crippen LogP contribution in [0.25, 0.3) is 88.2 Å². The molecule has 0 aliphatic carbocycles. The summed E-state index contributed by atoms with van der Waals surface area (Å²) in [4.78, 5) is 19.9. The first-order valence-electron chi connectivity index (χ1n) is 15.4. The van der Waals surface area contributed by atoms with E-state index in [1.807, 2.05) is 18.3 Å². The SMILES string of the molecule is c1ccc(-c2c(-c3ccccc3)c3nccnc3c3cnc(-c4cccc5cc(-c6ccc7ccccc7c6)ccc45)nc23)cc1. The highest BCUT2D eigenvalue weighted by atomic mass is 14.9. The molecule has 0 atom stereocenters. The van der Waals surface area contributed by atoms with Crippen LogP contribution in [0.15, 0.2) is 158 Å². The molecular weight excluding hydrogens is 560 g/mol. The second-order valence-electron chi connectivity index (χ2n) is 11.5. The number of aromatic nitrogens is 4. The highest BCUT2D eigenvalue weighted by molar-refractivity contribution is 6.18. The molecule has 0 unspecified atom stereocenters. The maximum absolute atomic E-state index is 5.34. The van der Waals surface area contributed by atoms with Crippen LogP contribution < -0.4 is 0 Å². The first-order chi connectivity index (χ1) is 22.8. The summed E-state index contributed by atoms with van der Waals surface area (Å²) in [7, 11) is 0. The summed E-state index contributed by atoms with van der Waals surface area (Å²) < 4.78 is 0. The van der Waals surface area contributed by atoms with Crippen LogP contribution in [0.2, 0.25) is 0 Å². The van der Waals surface area contributed by atoms with Crippen molar-refractivity contribution < 1.29 is 0 Å². The Kier molecular flexibility index (Phi) is 6.10. The fourth-order valence-electron chi connectivity index (χ4n) is 6.63. The number of hydrogen-bond donors (Lipinski definition) is 0. The van der Waals surface area contributed by atoms with E-state index in [0.717, 1.165) is 60.5 Å². The van der Waals surface area contributed by atoms with Crippen molar-refractivity contribution in [2.24, 2.45) is 0 Å². The molecule has 0 bridgehead atoms. The minimum atomic E-state index is 0.677. The van der Waals surface area contributed by atoms with Crippen LogP contribution in [0.3, 0.4) is 0 Å². The number of rotatable bonds is 4. The molecule has 4 heteroatoms. The molecule has 0 saturated carbocycles. The summed E-state index contributed by atoms with van der Waals surface area (Å²) in [5, 5.41) is 5.61. The molecule has 0 aliphatic heterocycles. The van der Waals surface area contributed by atoms with Crippen molar-refractivity contribution in [3.05, 3.63) is 158 Å². The Balaban J connectivity index is 1.28. The average Bonchev–Trinajstić information content (AvgIpc) is 3.14. The molecule has 2 aromatic heterocycles. The van der Waals surface area contributed by atoms with E-state index in [1.165, 1.54) is 21.9 Å². The lowest BCUT2D eigenvalue weighted by Gasteiger charge is -2.17. The Morgan fingerprint density at radius 2 is 0.978 bits per heavy atom. The van der Waals surface area contributed by atoms with Crippen LogP contribution >= 0.6 is 0 Å². The topological polar surface area (TPSA) is 51.6 Å². The predicted molar refractivity (Wildman–Crippen MR) is 189 cm³/mol. The van der Waals surface area contributed by atoms with Gasteiger partial charge in [0.2, 0.25) is 0 Å². The fraction of sp³-hybridized carbons (Fsp3) is 0. The molecule has 214 valence electrons. The summed E-state index contributed by atoms with van der Waals surface area (Å²) in [5.74, 6) is 0.677. The van der Waals surface area contributed by atoms with E-state index < -0.39 is 0 Å². The molecule has 4 nitrogen and oxygen atoms in total. The summed E-state index contributed by atoms with van der Waals surface area (Å²) in [6.45, 7) is 0. The molecule has 9 aromatic rings. The quantitative estimate of drug-likeness (QED) is 0.193. The minimum Gasteiger partial charge on any atom is -0.252 e. The van der Waals surface area contributed by atoms with Crippen LogP contribution in [0.5, 0.6) is 0 Å². The van der Waals surface area contributed by atoms with Gasteiger partial charge in [-0.15, -0.1) is 0 Å². The smallest absolute Gasteiger partial charge is 0.160 e. The van der Waals surface area contributed by atoms with Crippen molar-refractivity contribution in [2.75, 3.05) is 0 Å². The second-order valence-corrected chi connectivity index (χ2v) is 11.5. The van der Waals surface area contributed by atoms with Gasteiger partial charge < -0.3 is 0 Å². The lowest BCUT2D eigenvalue weighted by atomic mass is 9.90. The normalized spacial score (nSPS) is 11.5. The van der Waals surface area contributed by atoms with Gasteiger partial charge in [-0.25, -0.2) is 9.97 Å². The molecule has 0 spiro atoms. The zero-order chi connectivity index (χ0) is 30.5. The standard InChI is InChI=1S/C42H26N4/c1-3-11-28(12-4-1)37-38(29-13-5-2-6-14-29)41-40(43-22-23-44-41)36-26-45-42(46-39(36)37)35-17-9-16-33-25-32(20-21-34(33)35)31-19-18-27-10-7-8-15-30(27)24-31/h1-26H. The molecule has 0 saturated heterocycles. The van der Waals surface area contributed by atoms with Crippen molar-refractivity contribution in [1.82, 2.24) is 19.9 Å². The van der Waals surface area contributed by atoms with Crippen molar-refractivity contribution in [3.8, 4) is 44.8 Å². The minimum absolute atomic E-state index is 0.677. The molecular formula is C42H26N4. The Labute approximate surface area is 265 Å². The van der Waals surface area contributed by atoms with Crippen molar-refractivity contribution in [2.45, 2.75) is 0 Å². The summed E-state index contributed by atoms with van der Waals surface area (Å²) >= 11 is 0. The van der Waals surface area contributed by atoms with Crippen LogP contribution in [-0.4, -0.2) is 19.9 Å². The largest absolute Gasteiger partial charge is 0.252 e. The molecule has 0 fully saturated rings. The van der Waals surface area contributed by atoms with E-state index in [1.54, 1.807) is 12.4 Å². The Bertz CT molecular complexity index is 2580. The van der Waals surface area contributed by atoms with Gasteiger partial charge in [-0.05, 0) is 55.9 Å². The van der Waals surface area contributed by atoms with Crippen molar-refractivity contribution >= 4 is 43.5 Å². The fourth-order valence-corrected chi connectivity index (χ4v) is 6.63. The maximum atomic E-state index is 5.34. The molecule has 0 amide bonds. The van der Waals surface area contributed by atoms with Gasteiger partial charge in [0.15, 0.2) is 5.82 Å². The molecule has 2 heterocycles. The first kappa shape index (κ1) is 26.2. The lowest BCUT2D eigenvalue weighted by molar-refractivity contribution is 1.23. The van der Waals surface area contributed by atoms with Crippen LogP contribution in [0.4, 0.5) is 0 Å². The summed E-state index contributed by atoms with van der Waals surface area (Å²) in [6, 6.07) is 49.0. The van der Waals surface area contributed by atoms with E-state index in [2.05, 4.69) is 127 Å². The second kappa shape index (κ2) is 10.7. The number of hydrogen-bond acceptors (Lipinski definition) is 4. The molecule has 0 N–H and O–H groups in total. The highest BCUT2D eigenvalue weighted by Crippen LogP contribution is 2.43. The summed E-state index contributed by atoms with van der Waals surface area (Å²) in [5.41, 5.74) is 10.0. The Morgan fingerprint density at radius 3 is 1.74 bits per heavy atom. The van der Waals surface area contributed by atoms with Gasteiger partial charge in [0.05, 0.1) is 11.0 Å². The summed E-state index contributed by atoms with van der Waals surface area (Å²) in [6.07, 6.45) is 5.41. The first-order valence-corrected chi connectivity index (χ1v) is 15.4. The zero-order valence-electron chi connectivity index (χ0n) is 24.8. The zero-order valence-corrected chi connectivity index (χ0v) is 24.8. The number of fused-ring (bicyclic) bond motifs is 5. The third kappa shape index (κ3) is 4.31. The van der Waals surface area contributed by atoms with Gasteiger partial charge >= 0.3 is 0 Å². The molecule has 0 radical (unpaired) electrons. The molecule has 0 aliphatic rings. The van der Waals surface area contributed by atoms with E-state index in [0.29, 0.717) is 5.82 Å². The van der Waals surface area contributed by atoms with E-state index in [9.17, 15) is 0 Å². The number of benzene rings is 7. The molecule has 9 rings (SSSR count). The lowest BCUT2D eigenvalue weighted by Crippen LogP contribution is -1.99. The van der Waals surface area contributed by atoms with Crippen molar-refractivity contribution in [1.29, 1.82) is 0 Å². The van der Waals surface area contributed by atoms with E-state index in [-0.39, 0.29) is 0 Å². The maximum Gasteiger partial charge on any atom is 0.160 e. The monoisotopic (exact) mass is 586 g/mol. The Morgan fingerprint density at radius 1 is 0.370 bits per heavy atom. The van der Waals surface area contributed by atoms with Crippen LogP contribution in [0, 0.1) is 0 Å². The van der Waals surface area contributed by atoms with Gasteiger partial charge in [0.25, 0.3) is 0 Å². The van der Waals surface area contributed by atoms with E-state index in [4.69, 9.17) is 19.9 Å². The van der Waals surface area contributed by atoms with Crippen LogP contribution in [0.1, 0.15) is 0 Å². The highest BCUT2D eigenvalue weighted by Gasteiger charge is 2.21. The third-order valence-corrected chi connectivity index (χ3v) is 8.79. The van der Waals surface area contributed by atoms with Gasteiger partial charge in [0.1, 0.15) is 5.52 Å². The van der Waals surface area contributed by atoms with Crippen LogP contribution in [-0.2, 0) is 0 Å². The third-order valence-electron chi connectivity index (χ3n) is 8.79. The average molecular weight is 587 g/mol. The molecule has 46 heavy (non-hydrogen) atoms. The van der Waals surface area contributed by atoms with E-state index >= 15 is 0 Å². The number of nitrogens with zero attached hydrogens (tertiary/aromatic N) is 4.